The summed E-state index contributed by atoms with van der Waals surface area (Å²) in [6, 6.07) is 9.24. The maximum atomic E-state index is 14.5. The number of alkyl halides is 3. The van der Waals surface area contributed by atoms with E-state index in [0.717, 1.165) is 34.5 Å². The number of benzene rings is 3. The lowest BCUT2D eigenvalue weighted by atomic mass is 9.78. The molecule has 0 radical (unpaired) electrons. The average Bonchev–Trinajstić information content (AvgIpc) is 3.53. The van der Waals surface area contributed by atoms with Crippen molar-refractivity contribution < 1.29 is 64.5 Å². The van der Waals surface area contributed by atoms with Gasteiger partial charge >= 0.3 is 20.0 Å². The highest BCUT2D eigenvalue weighted by Gasteiger charge is 2.38. The zero-order valence-electron chi connectivity index (χ0n) is 36.1. The number of phosphoric ester groups is 1. The molecule has 23 heteroatoms. The van der Waals surface area contributed by atoms with Crippen molar-refractivity contribution in [3.8, 4) is 28.7 Å². The fraction of sp³-hybridized carbons (Fsp3) is 0.326. The molecule has 2 heterocycles. The molecule has 0 aliphatic heterocycles. The number of aromatic carboxylic acids is 1. The number of aromatic nitrogens is 3. The molecule has 0 bridgehead atoms. The summed E-state index contributed by atoms with van der Waals surface area (Å²) in [6.45, 7) is 6.03. The van der Waals surface area contributed by atoms with E-state index in [2.05, 4.69) is 27.2 Å². The smallest absolute Gasteiger partial charge is 0.478 e. The molecule has 0 fully saturated rings. The van der Waals surface area contributed by atoms with Gasteiger partial charge in [-0.15, -0.1) is 0 Å². The first kappa shape index (κ1) is 51.6. The topological polar surface area (TPSA) is 201 Å². The van der Waals surface area contributed by atoms with Crippen LogP contribution in [0.1, 0.15) is 78.6 Å². The molecular weight excluding hydrogens is 956 g/mol. The highest BCUT2D eigenvalue weighted by molar-refractivity contribution is 8.00. The number of carbonyl (C=O) groups excluding carboxylic acids is 2. The number of phosphoric acid groups is 1. The molecule has 352 valence electrons. The number of carbonyl (C=O) groups is 3. The number of nitrogens with zero attached hydrogens (tertiary/aromatic N) is 4. The van der Waals surface area contributed by atoms with Gasteiger partial charge in [-0.3, -0.25) is 28.3 Å². The summed E-state index contributed by atoms with van der Waals surface area (Å²) in [5.74, 6) is 0.828. The minimum absolute atomic E-state index is 0.0136. The molecule has 3 aromatic carbocycles. The Hall–Kier alpha value is -5.36. The van der Waals surface area contributed by atoms with Gasteiger partial charge in [0.2, 0.25) is 12.3 Å². The third kappa shape index (κ3) is 12.1. The number of carboxylic acids is 1. The minimum atomic E-state index is -5.28. The van der Waals surface area contributed by atoms with Crippen LogP contribution < -0.4 is 14.1 Å². The highest BCUT2D eigenvalue weighted by atomic mass is 35.5. The fourth-order valence-electron chi connectivity index (χ4n) is 7.30. The van der Waals surface area contributed by atoms with Crippen molar-refractivity contribution in [1.82, 2.24) is 20.1 Å². The van der Waals surface area contributed by atoms with Crippen molar-refractivity contribution >= 4 is 77.2 Å². The number of fused-ring (bicyclic) bond motifs is 1. The first-order chi connectivity index (χ1) is 30.5. The van der Waals surface area contributed by atoms with Crippen molar-refractivity contribution in [3.05, 3.63) is 105 Å². The molecule has 0 spiro atoms. The molecule has 14 nitrogen and oxygen atoms in total. The van der Waals surface area contributed by atoms with Gasteiger partial charge in [0.05, 0.1) is 33.2 Å². The molecule has 0 saturated heterocycles. The molecule has 0 saturated carbocycles. The van der Waals surface area contributed by atoms with Crippen LogP contribution in [0.2, 0.25) is 5.02 Å². The number of rotatable bonds is 16. The molecule has 2 amide bonds. The van der Waals surface area contributed by atoms with E-state index in [1.54, 1.807) is 13.8 Å². The lowest BCUT2D eigenvalue weighted by molar-refractivity contribution is -0.141. The molecular formula is C43H42ClF5N5O9PS2. The van der Waals surface area contributed by atoms with Gasteiger partial charge < -0.3 is 14.9 Å². The van der Waals surface area contributed by atoms with E-state index in [0.29, 0.717) is 17.2 Å². The van der Waals surface area contributed by atoms with Gasteiger partial charge in [0, 0.05) is 57.9 Å². The molecule has 2 unspecified atom stereocenters. The fourth-order valence-corrected chi connectivity index (χ4v) is 8.70. The van der Waals surface area contributed by atoms with Crippen LogP contribution in [0, 0.1) is 30.4 Å². The van der Waals surface area contributed by atoms with Crippen LogP contribution in [0.3, 0.4) is 0 Å². The van der Waals surface area contributed by atoms with Crippen molar-refractivity contribution in [2.75, 3.05) is 16.8 Å². The Labute approximate surface area is 387 Å². The number of hydrogen-bond acceptors (Lipinski definition) is 9. The summed E-state index contributed by atoms with van der Waals surface area (Å²) >= 11 is 7.55. The number of halogens is 6. The van der Waals surface area contributed by atoms with Gasteiger partial charge in [0.1, 0.15) is 34.4 Å². The Kier molecular flexibility index (Phi) is 15.5. The third-order valence-corrected chi connectivity index (χ3v) is 13.2. The quantitative estimate of drug-likeness (QED) is 0.0242. The zero-order valence-corrected chi connectivity index (χ0v) is 39.4. The maximum Gasteiger partial charge on any atom is 0.524 e. The Morgan fingerprint density at radius 2 is 1.70 bits per heavy atom. The summed E-state index contributed by atoms with van der Waals surface area (Å²) in [5, 5.41) is 16.2. The van der Waals surface area contributed by atoms with Gasteiger partial charge in [-0.2, -0.15) is 18.3 Å². The van der Waals surface area contributed by atoms with Crippen LogP contribution >= 0.6 is 31.4 Å². The molecule has 0 aliphatic rings. The summed E-state index contributed by atoms with van der Waals surface area (Å²) in [6.07, 6.45) is -2.49. The van der Waals surface area contributed by atoms with Crippen LogP contribution in [0.4, 0.5) is 27.8 Å². The van der Waals surface area contributed by atoms with Gasteiger partial charge in [0.15, 0.2) is 5.82 Å². The van der Waals surface area contributed by atoms with Gasteiger partial charge in [0.25, 0.3) is 0 Å². The minimum Gasteiger partial charge on any atom is -0.478 e. The van der Waals surface area contributed by atoms with Crippen molar-refractivity contribution in [3.63, 3.8) is 0 Å². The maximum absolute atomic E-state index is 14.5. The average molecular weight is 998 g/mol. The Balaban J connectivity index is 1.76. The Morgan fingerprint density at radius 3 is 2.26 bits per heavy atom. The summed E-state index contributed by atoms with van der Waals surface area (Å²) < 4.78 is 102. The number of carboxylic acid groups (broad SMARTS) is 1. The van der Waals surface area contributed by atoms with Gasteiger partial charge in [-0.25, -0.2) is 27.4 Å². The number of aryl methyl sites for hydroxylation is 1. The van der Waals surface area contributed by atoms with E-state index in [1.807, 2.05) is 0 Å². The molecule has 0 aliphatic carbocycles. The van der Waals surface area contributed by atoms with Crippen molar-refractivity contribution in [2.45, 2.75) is 76.4 Å². The number of nitrogens with one attached hydrogen (secondary N) is 1. The Bertz CT molecular complexity index is 2860. The van der Waals surface area contributed by atoms with Crippen LogP contribution in [0.5, 0.6) is 5.75 Å². The molecule has 5 aromatic rings. The molecule has 4 N–H and O–H groups in total. The SMILES string of the molecule is CSN(C(=O)CC(C)(C)c1c(C)cc(C(=O)O)cc1OP(=O)(O)O)c1nn(CC(F)(F)F)c2c(-c3ccc(C#CC(C)(C)S(C)=O)nc3C(Cc3cc(F)cc(F)c3)NC=O)ccc(Cl)c12. The third-order valence-electron chi connectivity index (χ3n) is 10.2. The standard InChI is InChI=1S/C43H42ClF5N5O9PS2/c1-23-14-25(40(57)58)18-33(63-64(59,60)61)36(23)41(2,3)20-34(56)54(65-6)39-35-31(44)11-10-30(38(35)53(52-39)21-43(47,48)49)29-9-8-28(12-13-42(4,5)66(7)62)51-37(29)32(50-22-55)17-24-15-26(45)19-27(46)16-24/h8-11,14-16,18-19,22,32H,17,20-21H2,1-7H3,(H,50,55)(H,57,58)(H2,59,60,61). The van der Waals surface area contributed by atoms with Gasteiger partial charge in [-0.05, 0) is 98.7 Å². The number of amides is 2. The summed E-state index contributed by atoms with van der Waals surface area (Å²) in [4.78, 5) is 62.5. The Morgan fingerprint density at radius 1 is 1.06 bits per heavy atom. The first-order valence-electron chi connectivity index (χ1n) is 19.3. The second-order valence-corrected chi connectivity index (χ2v) is 20.3. The lowest BCUT2D eigenvalue weighted by Crippen LogP contribution is -2.32. The highest BCUT2D eigenvalue weighted by Crippen LogP contribution is 2.47. The van der Waals surface area contributed by atoms with E-state index in [-0.39, 0.29) is 72.9 Å². The van der Waals surface area contributed by atoms with Crippen molar-refractivity contribution in [1.29, 1.82) is 0 Å². The monoisotopic (exact) mass is 997 g/mol. The van der Waals surface area contributed by atoms with E-state index in [1.165, 1.54) is 63.6 Å². The summed E-state index contributed by atoms with van der Waals surface area (Å²) in [7, 11) is -6.70. The number of pyridine rings is 1. The van der Waals surface area contributed by atoms with Crippen LogP contribution in [-0.4, -0.2) is 75.6 Å². The van der Waals surface area contributed by atoms with E-state index in [4.69, 9.17) is 16.1 Å². The van der Waals surface area contributed by atoms with Crippen LogP contribution in [0.25, 0.3) is 22.0 Å². The molecule has 2 aromatic heterocycles. The normalized spacial score (nSPS) is 13.1. The second kappa shape index (κ2) is 19.9. The van der Waals surface area contributed by atoms with Crippen LogP contribution in [-0.2, 0) is 43.3 Å². The summed E-state index contributed by atoms with van der Waals surface area (Å²) in [5.41, 5.74) is -1.52. The first-order valence-corrected chi connectivity index (χ1v) is 24.0. The number of anilines is 1. The van der Waals surface area contributed by atoms with Crippen molar-refractivity contribution in [2.24, 2.45) is 0 Å². The molecule has 2 atom stereocenters. The largest absolute Gasteiger partial charge is 0.524 e. The second-order valence-electron chi connectivity index (χ2n) is 16.1. The van der Waals surface area contributed by atoms with E-state index < -0.39 is 83.2 Å². The van der Waals surface area contributed by atoms with Crippen LogP contribution in [0.15, 0.2) is 54.6 Å². The van der Waals surface area contributed by atoms with E-state index in [9.17, 15) is 60.0 Å². The predicted molar refractivity (Wildman–Crippen MR) is 241 cm³/mol. The zero-order chi connectivity index (χ0) is 49.3. The predicted octanol–water partition coefficient (Wildman–Crippen LogP) is 8.59. The van der Waals surface area contributed by atoms with E-state index >= 15 is 0 Å². The molecule has 66 heavy (non-hydrogen) atoms. The lowest BCUT2D eigenvalue weighted by Gasteiger charge is -2.31. The molecule has 5 rings (SSSR count). The number of hydrogen-bond donors (Lipinski definition) is 4. The van der Waals surface area contributed by atoms with Gasteiger partial charge in [-0.1, -0.05) is 37.4 Å².